The summed E-state index contributed by atoms with van der Waals surface area (Å²) < 4.78 is 0. The molecule has 4 heteroatoms. The third-order valence-corrected chi connectivity index (χ3v) is 4.06. The van der Waals surface area contributed by atoms with Gasteiger partial charge in [0.1, 0.15) is 0 Å². The van der Waals surface area contributed by atoms with E-state index < -0.39 is 0 Å². The van der Waals surface area contributed by atoms with Gasteiger partial charge in [-0.3, -0.25) is 4.79 Å². The molecule has 0 spiro atoms. The van der Waals surface area contributed by atoms with Crippen molar-refractivity contribution in [2.75, 3.05) is 0 Å². The Hall–Kier alpha value is -1.84. The molecule has 0 saturated carbocycles. The maximum atomic E-state index is 12.5. The molecule has 0 aromatic heterocycles. The Balaban J connectivity index is 0.00000264. The molecule has 0 saturated heterocycles. The Morgan fingerprint density at radius 1 is 1.00 bits per heavy atom. The van der Waals surface area contributed by atoms with E-state index in [4.69, 9.17) is 5.73 Å². The number of nitrogens with two attached hydrogens (primary N) is 1. The second kappa shape index (κ2) is 9.33. The molecule has 124 valence electrons. The first kappa shape index (κ1) is 19.2. The number of carbonyl (C=O) groups excluding carboxylic acids is 1. The summed E-state index contributed by atoms with van der Waals surface area (Å²) in [5.74, 6) is -0.285. The lowest BCUT2D eigenvalue weighted by Gasteiger charge is -2.24. The predicted molar refractivity (Wildman–Crippen MR) is 97.4 cm³/mol. The number of halogens is 1. The first-order valence-electron chi connectivity index (χ1n) is 7.79. The lowest BCUT2D eigenvalue weighted by Crippen LogP contribution is -2.37. The van der Waals surface area contributed by atoms with E-state index in [1.54, 1.807) is 0 Å². The van der Waals surface area contributed by atoms with Crippen molar-refractivity contribution in [2.24, 2.45) is 11.7 Å². The Bertz CT molecular complexity index is 589. The molecule has 3 nitrogen and oxygen atoms in total. The molecule has 2 aromatic carbocycles. The third-order valence-electron chi connectivity index (χ3n) is 4.06. The Morgan fingerprint density at radius 2 is 1.48 bits per heavy atom. The molecular weight excluding hydrogens is 308 g/mol. The minimum atomic E-state index is -0.297. The number of carbonyl (C=O) groups is 1. The van der Waals surface area contributed by atoms with Crippen LogP contribution >= 0.6 is 12.4 Å². The van der Waals surface area contributed by atoms with Crippen LogP contribution < -0.4 is 11.1 Å². The fourth-order valence-corrected chi connectivity index (χ4v) is 2.54. The molecule has 0 bridgehead atoms. The van der Waals surface area contributed by atoms with Crippen LogP contribution in [0.5, 0.6) is 0 Å². The van der Waals surface area contributed by atoms with Crippen LogP contribution in [0.4, 0.5) is 0 Å². The van der Waals surface area contributed by atoms with Crippen molar-refractivity contribution in [1.82, 2.24) is 5.32 Å². The van der Waals surface area contributed by atoms with E-state index in [1.807, 2.05) is 67.6 Å². The highest BCUT2D eigenvalue weighted by Crippen LogP contribution is 2.22. The number of amides is 1. The molecule has 0 radical (unpaired) electrons. The van der Waals surface area contributed by atoms with E-state index >= 15 is 0 Å². The zero-order valence-corrected chi connectivity index (χ0v) is 14.4. The van der Waals surface area contributed by atoms with Gasteiger partial charge in [-0.05, 0) is 17.5 Å². The Kier molecular flexibility index (Phi) is 7.79. The van der Waals surface area contributed by atoms with Gasteiger partial charge in [0, 0.05) is 6.04 Å². The molecule has 1 amide bonds. The van der Waals surface area contributed by atoms with Crippen molar-refractivity contribution in [3.05, 3.63) is 71.8 Å². The Labute approximate surface area is 144 Å². The van der Waals surface area contributed by atoms with Gasteiger partial charge >= 0.3 is 0 Å². The minimum absolute atomic E-state index is 0. The van der Waals surface area contributed by atoms with Gasteiger partial charge in [-0.1, -0.05) is 74.5 Å². The van der Waals surface area contributed by atoms with E-state index in [0.29, 0.717) is 0 Å². The zero-order chi connectivity index (χ0) is 15.9. The topological polar surface area (TPSA) is 55.1 Å². The van der Waals surface area contributed by atoms with Crippen LogP contribution in [0.25, 0.3) is 0 Å². The van der Waals surface area contributed by atoms with Crippen LogP contribution in [0.1, 0.15) is 43.5 Å². The lowest BCUT2D eigenvalue weighted by molar-refractivity contribution is -0.126. The van der Waals surface area contributed by atoms with Crippen molar-refractivity contribution in [3.63, 3.8) is 0 Å². The molecule has 2 aromatic rings. The summed E-state index contributed by atoms with van der Waals surface area (Å²) in [7, 11) is 0. The van der Waals surface area contributed by atoms with Gasteiger partial charge in [-0.2, -0.15) is 0 Å². The highest BCUT2D eigenvalue weighted by atomic mass is 35.5. The molecule has 0 aliphatic heterocycles. The molecule has 3 unspecified atom stereocenters. The predicted octanol–water partition coefficient (Wildman–Crippen LogP) is 4.01. The second-order valence-electron chi connectivity index (χ2n) is 5.61. The fraction of sp³-hybridized carbons (Fsp3) is 0.316. The molecule has 3 atom stereocenters. The van der Waals surface area contributed by atoms with Gasteiger partial charge in [0.2, 0.25) is 5.91 Å². The smallest absolute Gasteiger partial charge is 0.225 e. The summed E-state index contributed by atoms with van der Waals surface area (Å²) in [6.45, 7) is 3.95. The van der Waals surface area contributed by atoms with Crippen LogP contribution in [-0.2, 0) is 4.79 Å². The largest absolute Gasteiger partial charge is 0.349 e. The van der Waals surface area contributed by atoms with Crippen LogP contribution in [0.15, 0.2) is 60.7 Å². The van der Waals surface area contributed by atoms with Crippen molar-refractivity contribution in [3.8, 4) is 0 Å². The zero-order valence-electron chi connectivity index (χ0n) is 13.6. The molecule has 2 rings (SSSR count). The normalized spacial score (nSPS) is 14.2. The number of nitrogens with one attached hydrogen (secondary N) is 1. The summed E-state index contributed by atoms with van der Waals surface area (Å²) >= 11 is 0. The molecule has 0 heterocycles. The molecule has 23 heavy (non-hydrogen) atoms. The lowest BCUT2D eigenvalue weighted by atomic mass is 9.94. The van der Waals surface area contributed by atoms with E-state index in [9.17, 15) is 4.79 Å². The first-order chi connectivity index (χ1) is 10.6. The van der Waals surface area contributed by atoms with E-state index in [2.05, 4.69) is 12.2 Å². The number of benzene rings is 2. The Morgan fingerprint density at radius 3 is 1.96 bits per heavy atom. The van der Waals surface area contributed by atoms with Crippen molar-refractivity contribution >= 4 is 18.3 Å². The van der Waals surface area contributed by atoms with Gasteiger partial charge in [-0.15, -0.1) is 12.4 Å². The quantitative estimate of drug-likeness (QED) is 0.839. The van der Waals surface area contributed by atoms with E-state index in [0.717, 1.165) is 17.5 Å². The maximum Gasteiger partial charge on any atom is 0.225 e. The molecule has 0 aliphatic carbocycles. The van der Waals surface area contributed by atoms with Crippen LogP contribution in [-0.4, -0.2) is 5.91 Å². The van der Waals surface area contributed by atoms with Gasteiger partial charge in [-0.25, -0.2) is 0 Å². The summed E-state index contributed by atoms with van der Waals surface area (Å²) in [6.07, 6.45) is 0.850. The van der Waals surface area contributed by atoms with Crippen LogP contribution in [0, 0.1) is 5.92 Å². The highest BCUT2D eigenvalue weighted by molar-refractivity contribution is 5.85. The highest BCUT2D eigenvalue weighted by Gasteiger charge is 2.24. The van der Waals surface area contributed by atoms with Gasteiger partial charge in [0.05, 0.1) is 12.0 Å². The average Bonchev–Trinajstić information content (AvgIpc) is 2.59. The number of hydrogen-bond donors (Lipinski definition) is 2. The van der Waals surface area contributed by atoms with E-state index in [1.165, 1.54) is 0 Å². The third kappa shape index (κ3) is 5.08. The average molecular weight is 333 g/mol. The van der Waals surface area contributed by atoms with Gasteiger partial charge < -0.3 is 11.1 Å². The van der Waals surface area contributed by atoms with Crippen LogP contribution in [0.2, 0.25) is 0 Å². The van der Waals surface area contributed by atoms with Gasteiger partial charge in [0.25, 0.3) is 0 Å². The number of rotatable bonds is 6. The SMILES string of the molecule is CCC(NC(=O)C(C)C(N)c1ccccc1)c1ccccc1.Cl. The molecular formula is C19H25ClN2O. The maximum absolute atomic E-state index is 12.5. The summed E-state index contributed by atoms with van der Waals surface area (Å²) in [4.78, 5) is 12.5. The van der Waals surface area contributed by atoms with E-state index in [-0.39, 0.29) is 36.3 Å². The van der Waals surface area contributed by atoms with Crippen molar-refractivity contribution in [2.45, 2.75) is 32.4 Å². The molecule has 0 fully saturated rings. The van der Waals surface area contributed by atoms with Crippen LogP contribution in [0.3, 0.4) is 0 Å². The minimum Gasteiger partial charge on any atom is -0.349 e. The second-order valence-corrected chi connectivity index (χ2v) is 5.61. The van der Waals surface area contributed by atoms with Gasteiger partial charge in [0.15, 0.2) is 0 Å². The standard InChI is InChI=1S/C19H24N2O.ClH/c1-3-17(15-10-6-4-7-11-15)21-19(22)14(2)18(20)16-12-8-5-9-13-16;/h4-14,17-18H,3,20H2,1-2H3,(H,21,22);1H. The fourth-order valence-electron chi connectivity index (χ4n) is 2.54. The monoisotopic (exact) mass is 332 g/mol. The first-order valence-corrected chi connectivity index (χ1v) is 7.79. The summed E-state index contributed by atoms with van der Waals surface area (Å²) in [5.41, 5.74) is 8.34. The van der Waals surface area contributed by atoms with Crippen molar-refractivity contribution in [1.29, 1.82) is 0 Å². The molecule has 3 N–H and O–H groups in total. The summed E-state index contributed by atoms with van der Waals surface area (Å²) in [5, 5.41) is 3.11. The van der Waals surface area contributed by atoms with Crippen molar-refractivity contribution < 1.29 is 4.79 Å². The summed E-state index contributed by atoms with van der Waals surface area (Å²) in [6, 6.07) is 19.5. The molecule has 0 aliphatic rings. The number of hydrogen-bond acceptors (Lipinski definition) is 2.